The lowest BCUT2D eigenvalue weighted by Crippen LogP contribution is -2.39. The van der Waals surface area contributed by atoms with Crippen molar-refractivity contribution in [1.29, 1.82) is 0 Å². The molecule has 29 heavy (non-hydrogen) atoms. The predicted octanol–water partition coefficient (Wildman–Crippen LogP) is 3.79. The maximum Gasteiger partial charge on any atom is 0.253 e. The molecule has 3 heterocycles. The number of aromatic nitrogens is 2. The molecule has 1 fully saturated rings. The fourth-order valence-electron chi connectivity index (χ4n) is 3.87. The van der Waals surface area contributed by atoms with Gasteiger partial charge in [0.1, 0.15) is 0 Å². The van der Waals surface area contributed by atoms with Crippen LogP contribution in [0.5, 0.6) is 11.5 Å². The van der Waals surface area contributed by atoms with Crippen molar-refractivity contribution in [2.45, 2.75) is 25.7 Å². The lowest BCUT2D eigenvalue weighted by Gasteiger charge is -2.31. The number of benzene rings is 2. The molecule has 7 nitrogen and oxygen atoms in total. The number of carbonyl (C=O) groups excluding carboxylic acids is 1. The Labute approximate surface area is 168 Å². The van der Waals surface area contributed by atoms with Gasteiger partial charge in [-0.3, -0.25) is 4.79 Å². The van der Waals surface area contributed by atoms with Gasteiger partial charge in [-0.05, 0) is 50.1 Å². The maximum atomic E-state index is 12.9. The Kier molecular flexibility index (Phi) is 4.42. The average Bonchev–Trinajstić information content (AvgIpc) is 3.42. The van der Waals surface area contributed by atoms with Crippen LogP contribution >= 0.6 is 0 Å². The summed E-state index contributed by atoms with van der Waals surface area (Å²) in [5.41, 5.74) is 2.59. The van der Waals surface area contributed by atoms with Crippen molar-refractivity contribution in [3.8, 4) is 23.0 Å². The molecular weight excluding hydrogens is 370 g/mol. The third-order valence-electron chi connectivity index (χ3n) is 5.38. The second-order valence-corrected chi connectivity index (χ2v) is 7.47. The van der Waals surface area contributed by atoms with Gasteiger partial charge in [0, 0.05) is 24.2 Å². The van der Waals surface area contributed by atoms with Crippen molar-refractivity contribution >= 4 is 5.91 Å². The highest BCUT2D eigenvalue weighted by Crippen LogP contribution is 2.36. The molecular formula is C22H21N3O4. The molecule has 1 amide bonds. The van der Waals surface area contributed by atoms with Gasteiger partial charge in [-0.25, -0.2) is 0 Å². The van der Waals surface area contributed by atoms with Crippen molar-refractivity contribution in [2.24, 2.45) is 0 Å². The maximum absolute atomic E-state index is 12.9. The van der Waals surface area contributed by atoms with Gasteiger partial charge in [0.25, 0.3) is 5.91 Å². The first-order chi connectivity index (χ1) is 14.2. The number of carbonyl (C=O) groups is 1. The molecule has 0 N–H and O–H groups in total. The van der Waals surface area contributed by atoms with Crippen LogP contribution in [-0.2, 0) is 0 Å². The Balaban J connectivity index is 1.33. The third kappa shape index (κ3) is 3.44. The van der Waals surface area contributed by atoms with Crippen molar-refractivity contribution in [2.75, 3.05) is 19.9 Å². The number of ether oxygens (including phenoxy) is 2. The molecule has 5 rings (SSSR count). The molecule has 1 saturated heterocycles. The average molecular weight is 391 g/mol. The number of fused-ring (bicyclic) bond motifs is 1. The Hall–Kier alpha value is -3.35. The van der Waals surface area contributed by atoms with E-state index in [1.807, 2.05) is 54.3 Å². The van der Waals surface area contributed by atoms with E-state index in [0.717, 1.165) is 36.1 Å². The quantitative estimate of drug-likeness (QED) is 0.676. The number of piperidine rings is 1. The number of nitrogens with zero attached hydrogens (tertiary/aromatic N) is 3. The van der Waals surface area contributed by atoms with Gasteiger partial charge in [-0.15, -0.1) is 10.2 Å². The molecule has 3 aromatic rings. The largest absolute Gasteiger partial charge is 0.454 e. The molecule has 7 heteroatoms. The molecule has 148 valence electrons. The van der Waals surface area contributed by atoms with E-state index in [2.05, 4.69) is 10.2 Å². The summed E-state index contributed by atoms with van der Waals surface area (Å²) in [5.74, 6) is 2.49. The molecule has 2 aliphatic heterocycles. The van der Waals surface area contributed by atoms with E-state index in [-0.39, 0.29) is 18.6 Å². The number of likely N-dealkylation sites (tertiary alicyclic amines) is 1. The molecule has 0 aliphatic carbocycles. The summed E-state index contributed by atoms with van der Waals surface area (Å²) in [4.78, 5) is 14.8. The van der Waals surface area contributed by atoms with Crippen molar-refractivity contribution in [3.05, 3.63) is 59.5 Å². The molecule has 1 atom stereocenters. The van der Waals surface area contributed by atoms with Gasteiger partial charge in [-0.1, -0.05) is 17.7 Å². The zero-order valence-corrected chi connectivity index (χ0v) is 16.1. The van der Waals surface area contributed by atoms with Crippen LogP contribution in [0.3, 0.4) is 0 Å². The van der Waals surface area contributed by atoms with Gasteiger partial charge in [-0.2, -0.15) is 0 Å². The Morgan fingerprint density at radius 3 is 2.90 bits per heavy atom. The lowest BCUT2D eigenvalue weighted by atomic mass is 9.97. The molecule has 1 unspecified atom stereocenters. The van der Waals surface area contributed by atoms with Crippen LogP contribution in [0.15, 0.2) is 46.9 Å². The summed E-state index contributed by atoms with van der Waals surface area (Å²) in [6.07, 6.45) is 1.82. The van der Waals surface area contributed by atoms with Crippen molar-refractivity contribution in [1.82, 2.24) is 15.1 Å². The van der Waals surface area contributed by atoms with E-state index in [1.54, 1.807) is 0 Å². The molecule has 0 bridgehead atoms. The summed E-state index contributed by atoms with van der Waals surface area (Å²) >= 11 is 0. The van der Waals surface area contributed by atoms with Gasteiger partial charge in [0.15, 0.2) is 11.5 Å². The van der Waals surface area contributed by atoms with Crippen LogP contribution in [0.25, 0.3) is 11.5 Å². The number of hydrogen-bond acceptors (Lipinski definition) is 6. The topological polar surface area (TPSA) is 77.7 Å². The van der Waals surface area contributed by atoms with Crippen LogP contribution in [0, 0.1) is 6.92 Å². The van der Waals surface area contributed by atoms with E-state index in [0.29, 0.717) is 29.8 Å². The van der Waals surface area contributed by atoms with Crippen LogP contribution in [0.1, 0.15) is 40.6 Å². The van der Waals surface area contributed by atoms with E-state index < -0.39 is 0 Å². The van der Waals surface area contributed by atoms with Gasteiger partial charge in [0.2, 0.25) is 18.6 Å². The lowest BCUT2D eigenvalue weighted by molar-refractivity contribution is 0.0698. The van der Waals surface area contributed by atoms with Gasteiger partial charge >= 0.3 is 0 Å². The Bertz CT molecular complexity index is 1060. The van der Waals surface area contributed by atoms with E-state index in [9.17, 15) is 4.79 Å². The number of rotatable bonds is 3. The molecule has 0 spiro atoms. The number of hydrogen-bond donors (Lipinski definition) is 0. The van der Waals surface area contributed by atoms with Crippen molar-refractivity contribution < 1.29 is 18.7 Å². The Morgan fingerprint density at radius 1 is 1.10 bits per heavy atom. The monoisotopic (exact) mass is 391 g/mol. The van der Waals surface area contributed by atoms with Crippen molar-refractivity contribution in [3.63, 3.8) is 0 Å². The highest BCUT2D eigenvalue weighted by molar-refractivity contribution is 5.94. The number of amides is 1. The number of aryl methyl sites for hydroxylation is 1. The minimum Gasteiger partial charge on any atom is -0.454 e. The SMILES string of the molecule is Cc1cccc(C(=O)N2CCCC(c3nnc(-c4ccc5c(c4)OCO5)o3)C2)c1. The van der Waals surface area contributed by atoms with E-state index >= 15 is 0 Å². The van der Waals surface area contributed by atoms with E-state index in [4.69, 9.17) is 13.9 Å². The summed E-state index contributed by atoms with van der Waals surface area (Å²) in [6.45, 7) is 3.54. The second-order valence-electron chi connectivity index (χ2n) is 7.47. The summed E-state index contributed by atoms with van der Waals surface area (Å²) in [7, 11) is 0. The fourth-order valence-corrected chi connectivity index (χ4v) is 3.87. The highest BCUT2D eigenvalue weighted by atomic mass is 16.7. The highest BCUT2D eigenvalue weighted by Gasteiger charge is 2.29. The Morgan fingerprint density at radius 2 is 2.00 bits per heavy atom. The zero-order valence-electron chi connectivity index (χ0n) is 16.1. The minimum atomic E-state index is 0.0350. The van der Waals surface area contributed by atoms with E-state index in [1.165, 1.54) is 0 Å². The summed E-state index contributed by atoms with van der Waals surface area (Å²) < 4.78 is 16.7. The van der Waals surface area contributed by atoms with Gasteiger partial charge in [0.05, 0.1) is 5.92 Å². The fraction of sp³-hybridized carbons (Fsp3) is 0.318. The van der Waals surface area contributed by atoms with Gasteiger partial charge < -0.3 is 18.8 Å². The smallest absolute Gasteiger partial charge is 0.253 e. The third-order valence-corrected chi connectivity index (χ3v) is 5.38. The first-order valence-electron chi connectivity index (χ1n) is 9.77. The van der Waals surface area contributed by atoms with Crippen LogP contribution in [0.2, 0.25) is 0 Å². The first kappa shape index (κ1) is 17.7. The first-order valence-corrected chi connectivity index (χ1v) is 9.77. The molecule has 2 aliphatic rings. The summed E-state index contributed by atoms with van der Waals surface area (Å²) in [6, 6.07) is 13.3. The summed E-state index contributed by atoms with van der Waals surface area (Å²) in [5, 5.41) is 8.47. The second kappa shape index (κ2) is 7.24. The normalized spacial score (nSPS) is 18.1. The van der Waals surface area contributed by atoms with Crippen LogP contribution < -0.4 is 9.47 Å². The predicted molar refractivity (Wildman–Crippen MR) is 105 cm³/mol. The zero-order chi connectivity index (χ0) is 19.8. The van der Waals surface area contributed by atoms with Crippen LogP contribution in [0.4, 0.5) is 0 Å². The molecule has 0 radical (unpaired) electrons. The molecule has 1 aromatic heterocycles. The van der Waals surface area contributed by atoms with Crippen LogP contribution in [-0.4, -0.2) is 40.9 Å². The molecule has 2 aromatic carbocycles. The standard InChI is InChI=1S/C22H21N3O4/c1-14-4-2-5-16(10-14)22(26)25-9-3-6-17(12-25)21-24-23-20(29-21)15-7-8-18-19(11-15)28-13-27-18/h2,4-5,7-8,10-11,17H,3,6,9,12-13H2,1H3. The minimum absolute atomic E-state index is 0.0350. The molecule has 0 saturated carbocycles.